The number of alkyl halides is 3. The van der Waals surface area contributed by atoms with Crippen molar-refractivity contribution in [2.24, 2.45) is 5.92 Å². The van der Waals surface area contributed by atoms with E-state index in [0.717, 1.165) is 55.6 Å². The van der Waals surface area contributed by atoms with Crippen LogP contribution in [0, 0.1) is 18.7 Å². The molecule has 3 aliphatic rings. The molecule has 1 N–H and O–H groups in total. The summed E-state index contributed by atoms with van der Waals surface area (Å²) in [7, 11) is 0. The Labute approximate surface area is 273 Å². The summed E-state index contributed by atoms with van der Waals surface area (Å²) < 4.78 is 56.5. The van der Waals surface area contributed by atoms with Crippen LogP contribution in [0.25, 0.3) is 11.0 Å². The van der Waals surface area contributed by atoms with Gasteiger partial charge in [0, 0.05) is 31.2 Å². The molecule has 4 atom stereocenters. The number of nitrogens with zero attached hydrogens (tertiary/aromatic N) is 4. The van der Waals surface area contributed by atoms with Crippen LogP contribution < -0.4 is 5.32 Å². The molecule has 11 heteroatoms. The van der Waals surface area contributed by atoms with Crippen LogP contribution in [-0.2, 0) is 15.0 Å². The van der Waals surface area contributed by atoms with Crippen LogP contribution in [0.3, 0.4) is 0 Å². The van der Waals surface area contributed by atoms with Crippen molar-refractivity contribution in [2.45, 2.75) is 108 Å². The average molecular weight is 656 g/mol. The van der Waals surface area contributed by atoms with Gasteiger partial charge >= 0.3 is 12.1 Å². The molecule has 254 valence electrons. The molecule has 0 aliphatic carbocycles. The molecule has 4 heterocycles. The second-order valence-corrected chi connectivity index (χ2v) is 14.4. The fraction of sp³-hybridized carbons (Fsp3) is 0.583. The van der Waals surface area contributed by atoms with Crippen molar-refractivity contribution < 1.29 is 27.2 Å². The minimum atomic E-state index is -5.09. The van der Waals surface area contributed by atoms with E-state index in [1.807, 2.05) is 17.4 Å². The van der Waals surface area contributed by atoms with Crippen molar-refractivity contribution >= 4 is 22.8 Å². The SMILES string of the molecule is Cc1nc2ccccc2n1[C@H]1C[C@H]2CC[C@@H](C1)N2CCC1(c2cccc(F)c2)CCN(C(=O)C(C)(NC(=O)C(F)(F)F)C(C)C)CC1. The van der Waals surface area contributed by atoms with Gasteiger partial charge in [-0.25, -0.2) is 9.37 Å². The zero-order valence-corrected chi connectivity index (χ0v) is 27.6. The summed E-state index contributed by atoms with van der Waals surface area (Å²) >= 11 is 0. The number of carbonyl (C=O) groups is 2. The maximum absolute atomic E-state index is 14.6. The smallest absolute Gasteiger partial charge is 0.341 e. The number of amides is 2. The third-order valence-electron chi connectivity index (χ3n) is 11.5. The Morgan fingerprint density at radius 3 is 2.28 bits per heavy atom. The summed E-state index contributed by atoms with van der Waals surface area (Å²) in [5, 5.41) is 1.98. The standard InChI is InChI=1S/C36H45F4N5O2/c1-23(2)34(4,42-32(46)36(38,39)40)33(47)43-17-14-35(15-18-43,25-8-7-9-26(37)20-25)16-19-44-27-12-13-28(44)22-29(21-27)45-24(3)41-30-10-5-6-11-31(30)45/h5-11,20,23,27-29H,12-19,21-22H2,1-4H3,(H,42,46)/t27-,28+,29+,34?. The van der Waals surface area contributed by atoms with Gasteiger partial charge in [-0.2, -0.15) is 13.2 Å². The molecular weight excluding hydrogens is 610 g/mol. The molecule has 2 aromatic carbocycles. The summed E-state index contributed by atoms with van der Waals surface area (Å²) in [6.07, 6.45) is 1.17. The number of halogens is 4. The van der Waals surface area contributed by atoms with Crippen LogP contribution in [0.15, 0.2) is 48.5 Å². The van der Waals surface area contributed by atoms with Gasteiger partial charge in [-0.1, -0.05) is 38.1 Å². The third kappa shape index (κ3) is 6.27. The maximum atomic E-state index is 14.6. The number of aromatic nitrogens is 2. The first-order valence-corrected chi connectivity index (χ1v) is 16.9. The van der Waals surface area contributed by atoms with Gasteiger partial charge in [0.2, 0.25) is 5.91 Å². The molecule has 3 fully saturated rings. The molecule has 3 aromatic rings. The third-order valence-corrected chi connectivity index (χ3v) is 11.5. The lowest BCUT2D eigenvalue weighted by molar-refractivity contribution is -0.177. The number of rotatable bonds is 8. The Balaban J connectivity index is 1.18. The first-order valence-electron chi connectivity index (χ1n) is 16.9. The second-order valence-electron chi connectivity index (χ2n) is 14.4. The number of imidazole rings is 1. The molecule has 0 radical (unpaired) electrons. The highest BCUT2D eigenvalue weighted by atomic mass is 19.4. The molecule has 2 amide bonds. The number of nitrogens with one attached hydrogen (secondary N) is 1. The molecule has 3 saturated heterocycles. The summed E-state index contributed by atoms with van der Waals surface area (Å²) in [5.41, 5.74) is 0.993. The Kier molecular flexibility index (Phi) is 8.91. The molecule has 2 bridgehead atoms. The van der Waals surface area contributed by atoms with Crippen LogP contribution in [0.5, 0.6) is 0 Å². The van der Waals surface area contributed by atoms with E-state index in [0.29, 0.717) is 44.1 Å². The summed E-state index contributed by atoms with van der Waals surface area (Å²) in [4.78, 5) is 34.7. The predicted molar refractivity (Wildman–Crippen MR) is 172 cm³/mol. The van der Waals surface area contributed by atoms with Crippen molar-refractivity contribution in [2.75, 3.05) is 19.6 Å². The summed E-state index contributed by atoms with van der Waals surface area (Å²) in [6.45, 7) is 8.17. The molecule has 1 aromatic heterocycles. The highest BCUT2D eigenvalue weighted by Crippen LogP contribution is 2.45. The monoisotopic (exact) mass is 655 g/mol. The molecule has 47 heavy (non-hydrogen) atoms. The van der Waals surface area contributed by atoms with Crippen LogP contribution in [-0.4, -0.2) is 74.6 Å². The van der Waals surface area contributed by atoms with E-state index in [4.69, 9.17) is 4.98 Å². The number of para-hydroxylation sites is 2. The van der Waals surface area contributed by atoms with Gasteiger partial charge in [0.15, 0.2) is 0 Å². The maximum Gasteiger partial charge on any atom is 0.471 e. The number of aryl methyl sites for hydroxylation is 1. The molecule has 3 aliphatic heterocycles. The molecule has 0 saturated carbocycles. The number of hydrogen-bond acceptors (Lipinski definition) is 4. The number of fused-ring (bicyclic) bond motifs is 3. The first-order chi connectivity index (χ1) is 22.2. The Bertz CT molecular complexity index is 1610. The summed E-state index contributed by atoms with van der Waals surface area (Å²) in [5.74, 6) is -2.49. The average Bonchev–Trinajstić information content (AvgIpc) is 3.49. The Hall–Kier alpha value is -3.47. The van der Waals surface area contributed by atoms with Crippen molar-refractivity contribution in [3.05, 3.63) is 65.7 Å². The number of hydrogen-bond donors (Lipinski definition) is 1. The van der Waals surface area contributed by atoms with Crippen LogP contribution >= 0.6 is 0 Å². The quantitative estimate of drug-likeness (QED) is 0.275. The zero-order chi connectivity index (χ0) is 33.7. The number of benzene rings is 2. The van der Waals surface area contributed by atoms with Gasteiger partial charge in [0.05, 0.1) is 11.0 Å². The van der Waals surface area contributed by atoms with Gasteiger partial charge in [0.25, 0.3) is 0 Å². The van der Waals surface area contributed by atoms with Crippen molar-refractivity contribution in [1.82, 2.24) is 24.7 Å². The predicted octanol–water partition coefficient (Wildman–Crippen LogP) is 6.70. The fourth-order valence-corrected chi connectivity index (χ4v) is 8.51. The zero-order valence-electron chi connectivity index (χ0n) is 27.6. The van der Waals surface area contributed by atoms with E-state index >= 15 is 0 Å². The van der Waals surface area contributed by atoms with Gasteiger partial charge in [-0.15, -0.1) is 0 Å². The van der Waals surface area contributed by atoms with Crippen LogP contribution in [0.2, 0.25) is 0 Å². The largest absolute Gasteiger partial charge is 0.471 e. The van der Waals surface area contributed by atoms with Crippen LogP contribution in [0.4, 0.5) is 17.6 Å². The number of carbonyl (C=O) groups excluding carboxylic acids is 2. The molecule has 7 nitrogen and oxygen atoms in total. The van der Waals surface area contributed by atoms with Gasteiger partial charge < -0.3 is 14.8 Å². The van der Waals surface area contributed by atoms with Gasteiger partial charge in [-0.3, -0.25) is 14.5 Å². The van der Waals surface area contributed by atoms with E-state index in [9.17, 15) is 27.2 Å². The van der Waals surface area contributed by atoms with Crippen molar-refractivity contribution in [1.29, 1.82) is 0 Å². The number of likely N-dealkylation sites (tertiary alicyclic amines) is 1. The first kappa shape index (κ1) is 33.4. The highest BCUT2D eigenvalue weighted by Gasteiger charge is 2.50. The van der Waals surface area contributed by atoms with E-state index < -0.39 is 34.9 Å². The van der Waals surface area contributed by atoms with E-state index in [2.05, 4.69) is 34.6 Å². The van der Waals surface area contributed by atoms with Gasteiger partial charge in [-0.05, 0) is 106 Å². The molecule has 0 spiro atoms. The van der Waals surface area contributed by atoms with Crippen molar-refractivity contribution in [3.8, 4) is 0 Å². The number of piperidine rings is 2. The second kappa shape index (κ2) is 12.5. The van der Waals surface area contributed by atoms with Crippen molar-refractivity contribution in [3.63, 3.8) is 0 Å². The minimum Gasteiger partial charge on any atom is -0.341 e. The molecule has 6 rings (SSSR count). The topological polar surface area (TPSA) is 70.5 Å². The lowest BCUT2D eigenvalue weighted by atomic mass is 9.69. The Morgan fingerprint density at radius 2 is 1.66 bits per heavy atom. The Morgan fingerprint density at radius 1 is 1.00 bits per heavy atom. The van der Waals surface area contributed by atoms with Gasteiger partial charge in [0.1, 0.15) is 17.2 Å². The van der Waals surface area contributed by atoms with E-state index in [1.165, 1.54) is 18.5 Å². The minimum absolute atomic E-state index is 0.307. The van der Waals surface area contributed by atoms with Crippen LogP contribution in [0.1, 0.15) is 83.1 Å². The lowest BCUT2D eigenvalue weighted by Gasteiger charge is -2.47. The normalized spacial score (nSPS) is 24.4. The molecular formula is C36H45F4N5O2. The molecule has 1 unspecified atom stereocenters. The van der Waals surface area contributed by atoms with E-state index in [1.54, 1.807) is 30.9 Å². The van der Waals surface area contributed by atoms with E-state index in [-0.39, 0.29) is 5.82 Å². The lowest BCUT2D eigenvalue weighted by Crippen LogP contribution is -2.64. The summed E-state index contributed by atoms with van der Waals surface area (Å²) in [6, 6.07) is 16.3. The fourth-order valence-electron chi connectivity index (χ4n) is 8.51. The highest BCUT2D eigenvalue weighted by molar-refractivity contribution is 5.93.